The smallest absolute Gasteiger partial charge is 0.120 e. The van der Waals surface area contributed by atoms with E-state index in [1.165, 1.54) is 6.42 Å². The summed E-state index contributed by atoms with van der Waals surface area (Å²) in [4.78, 5) is 2.87. The quantitative estimate of drug-likeness (QED) is 0.712. The molecule has 0 amide bonds. The van der Waals surface area contributed by atoms with Gasteiger partial charge in [0.1, 0.15) is 11.1 Å². The lowest BCUT2D eigenvalue weighted by Gasteiger charge is -2.32. The first-order chi connectivity index (χ1) is 6.59. The second-order valence-corrected chi connectivity index (χ2v) is 4.72. The van der Waals surface area contributed by atoms with Gasteiger partial charge in [-0.05, 0) is 18.9 Å². The molecule has 2 N–H and O–H groups in total. The fraction of sp³-hybridized carbons (Fsp3) is 0.900. The lowest BCUT2D eigenvalue weighted by atomic mass is 10.1. The Morgan fingerprint density at radius 2 is 2.36 bits per heavy atom. The largest absolute Gasteiger partial charge is 0.391 e. The van der Waals surface area contributed by atoms with Crippen molar-refractivity contribution in [3.8, 4) is 0 Å². The Kier molecular flexibility index (Phi) is 4.78. The molecule has 3 nitrogen and oxygen atoms in total. The number of morpholine rings is 1. The highest BCUT2D eigenvalue weighted by Gasteiger charge is 2.21. The van der Waals surface area contributed by atoms with E-state index in [0.717, 1.165) is 32.2 Å². The molecule has 0 aliphatic carbocycles. The molecule has 1 unspecified atom stereocenters. The number of thiocarbonyl (C=S) groups is 1. The van der Waals surface area contributed by atoms with Crippen LogP contribution in [0.2, 0.25) is 0 Å². The van der Waals surface area contributed by atoms with E-state index in [1.54, 1.807) is 0 Å². The van der Waals surface area contributed by atoms with Gasteiger partial charge < -0.3 is 10.5 Å². The summed E-state index contributed by atoms with van der Waals surface area (Å²) < 4.78 is 5.47. The van der Waals surface area contributed by atoms with Gasteiger partial charge in [0.15, 0.2) is 0 Å². The first kappa shape index (κ1) is 11.9. The number of hydrogen-bond acceptors (Lipinski definition) is 3. The molecule has 4 heteroatoms. The van der Waals surface area contributed by atoms with Crippen molar-refractivity contribution in [2.24, 2.45) is 11.7 Å². The SMILES string of the molecule is CC(C)CCN1CCOC(C(N)=S)C1. The molecule has 0 aromatic heterocycles. The van der Waals surface area contributed by atoms with E-state index in [9.17, 15) is 0 Å². The van der Waals surface area contributed by atoms with Gasteiger partial charge >= 0.3 is 0 Å². The molecule has 1 fully saturated rings. The van der Waals surface area contributed by atoms with E-state index < -0.39 is 0 Å². The van der Waals surface area contributed by atoms with E-state index >= 15 is 0 Å². The predicted molar refractivity (Wildman–Crippen MR) is 62.4 cm³/mol. The molecule has 1 aliphatic heterocycles. The van der Waals surface area contributed by atoms with Gasteiger partial charge in [-0.15, -0.1) is 0 Å². The maximum Gasteiger partial charge on any atom is 0.120 e. The molecule has 0 aromatic carbocycles. The van der Waals surface area contributed by atoms with Gasteiger partial charge in [0.05, 0.1) is 6.61 Å². The van der Waals surface area contributed by atoms with Crippen molar-refractivity contribution in [3.63, 3.8) is 0 Å². The summed E-state index contributed by atoms with van der Waals surface area (Å²) in [5.41, 5.74) is 5.57. The fourth-order valence-corrected chi connectivity index (χ4v) is 1.66. The van der Waals surface area contributed by atoms with E-state index in [2.05, 4.69) is 18.7 Å². The molecule has 1 atom stereocenters. The van der Waals surface area contributed by atoms with Crippen LogP contribution in [0.5, 0.6) is 0 Å². The Labute approximate surface area is 91.6 Å². The molecule has 14 heavy (non-hydrogen) atoms. The highest BCUT2D eigenvalue weighted by atomic mass is 32.1. The average Bonchev–Trinajstić information content (AvgIpc) is 2.15. The van der Waals surface area contributed by atoms with E-state index in [1.807, 2.05) is 0 Å². The zero-order valence-electron chi connectivity index (χ0n) is 9.03. The predicted octanol–water partition coefficient (Wildman–Crippen LogP) is 1.02. The van der Waals surface area contributed by atoms with Crippen LogP contribution in [0.15, 0.2) is 0 Å². The van der Waals surface area contributed by atoms with Gasteiger partial charge in [-0.3, -0.25) is 4.90 Å². The van der Waals surface area contributed by atoms with Gasteiger partial charge in [0, 0.05) is 13.1 Å². The first-order valence-electron chi connectivity index (χ1n) is 5.23. The highest BCUT2D eigenvalue weighted by Crippen LogP contribution is 2.08. The van der Waals surface area contributed by atoms with Crippen molar-refractivity contribution >= 4 is 17.2 Å². The normalized spacial score (nSPS) is 24.1. The Morgan fingerprint density at radius 3 is 2.93 bits per heavy atom. The summed E-state index contributed by atoms with van der Waals surface area (Å²) in [7, 11) is 0. The third-order valence-electron chi connectivity index (χ3n) is 2.49. The van der Waals surface area contributed by atoms with Gasteiger partial charge in [-0.25, -0.2) is 0 Å². The van der Waals surface area contributed by atoms with Crippen LogP contribution in [0.25, 0.3) is 0 Å². The standard InChI is InChI=1S/C10H20N2OS/c1-8(2)3-4-12-5-6-13-9(7-12)10(11)14/h8-9H,3-7H2,1-2H3,(H2,11,14). The number of hydrogen-bond donors (Lipinski definition) is 1. The van der Waals surface area contributed by atoms with Crippen LogP contribution in [0, 0.1) is 5.92 Å². The zero-order valence-corrected chi connectivity index (χ0v) is 9.85. The summed E-state index contributed by atoms with van der Waals surface area (Å²) >= 11 is 4.93. The molecular weight excluding hydrogens is 196 g/mol. The second-order valence-electron chi connectivity index (χ2n) is 4.24. The van der Waals surface area contributed by atoms with Crippen LogP contribution in [0.1, 0.15) is 20.3 Å². The zero-order chi connectivity index (χ0) is 10.6. The van der Waals surface area contributed by atoms with Crippen molar-refractivity contribution in [2.45, 2.75) is 26.4 Å². The van der Waals surface area contributed by atoms with Gasteiger partial charge in [0.2, 0.25) is 0 Å². The van der Waals surface area contributed by atoms with E-state index in [0.29, 0.717) is 4.99 Å². The molecule has 1 heterocycles. The number of nitrogens with two attached hydrogens (primary N) is 1. The fourth-order valence-electron chi connectivity index (χ4n) is 1.52. The minimum atomic E-state index is -0.0362. The second kappa shape index (κ2) is 5.63. The minimum absolute atomic E-state index is 0.0362. The van der Waals surface area contributed by atoms with Crippen molar-refractivity contribution in [2.75, 3.05) is 26.2 Å². The number of ether oxygens (including phenoxy) is 1. The Morgan fingerprint density at radius 1 is 1.64 bits per heavy atom. The van der Waals surface area contributed by atoms with Crippen LogP contribution in [-0.4, -0.2) is 42.2 Å². The van der Waals surface area contributed by atoms with Crippen molar-refractivity contribution in [1.29, 1.82) is 0 Å². The summed E-state index contributed by atoms with van der Waals surface area (Å²) in [5.74, 6) is 0.751. The molecule has 1 rings (SSSR count). The van der Waals surface area contributed by atoms with E-state index in [-0.39, 0.29) is 6.10 Å². The van der Waals surface area contributed by atoms with Crippen molar-refractivity contribution in [1.82, 2.24) is 4.90 Å². The van der Waals surface area contributed by atoms with Crippen molar-refractivity contribution < 1.29 is 4.74 Å². The lowest BCUT2D eigenvalue weighted by Crippen LogP contribution is -2.48. The summed E-state index contributed by atoms with van der Waals surface area (Å²) in [5, 5.41) is 0. The van der Waals surface area contributed by atoms with Crippen LogP contribution < -0.4 is 5.73 Å². The Hall–Kier alpha value is -0.190. The van der Waals surface area contributed by atoms with Gasteiger partial charge in [0.25, 0.3) is 0 Å². The van der Waals surface area contributed by atoms with Crippen molar-refractivity contribution in [3.05, 3.63) is 0 Å². The Balaban J connectivity index is 2.29. The molecule has 0 saturated carbocycles. The molecule has 1 saturated heterocycles. The summed E-state index contributed by atoms with van der Waals surface area (Å²) in [6.07, 6.45) is 1.19. The molecule has 1 aliphatic rings. The van der Waals surface area contributed by atoms with Crippen LogP contribution in [-0.2, 0) is 4.74 Å². The molecule has 0 radical (unpaired) electrons. The number of rotatable bonds is 4. The summed E-state index contributed by atoms with van der Waals surface area (Å²) in [6, 6.07) is 0. The van der Waals surface area contributed by atoms with Gasteiger partial charge in [-0.2, -0.15) is 0 Å². The topological polar surface area (TPSA) is 38.5 Å². The monoisotopic (exact) mass is 216 g/mol. The minimum Gasteiger partial charge on any atom is -0.391 e. The first-order valence-corrected chi connectivity index (χ1v) is 5.63. The lowest BCUT2D eigenvalue weighted by molar-refractivity contribution is 0.00576. The molecule has 82 valence electrons. The van der Waals surface area contributed by atoms with Crippen LogP contribution >= 0.6 is 12.2 Å². The van der Waals surface area contributed by atoms with Gasteiger partial charge in [-0.1, -0.05) is 26.1 Å². The highest BCUT2D eigenvalue weighted by molar-refractivity contribution is 7.80. The third-order valence-corrected chi connectivity index (χ3v) is 2.75. The molecule has 0 spiro atoms. The third kappa shape index (κ3) is 3.90. The summed E-state index contributed by atoms with van der Waals surface area (Å²) in [6.45, 7) is 8.23. The Bertz CT molecular complexity index is 197. The molecular formula is C10H20N2OS. The van der Waals surface area contributed by atoms with Crippen LogP contribution in [0.3, 0.4) is 0 Å². The molecule has 0 aromatic rings. The average molecular weight is 216 g/mol. The molecule has 0 bridgehead atoms. The van der Waals surface area contributed by atoms with E-state index in [4.69, 9.17) is 22.7 Å². The maximum absolute atomic E-state index is 5.57. The van der Waals surface area contributed by atoms with Crippen LogP contribution in [0.4, 0.5) is 0 Å². The maximum atomic E-state index is 5.57. The number of nitrogens with zero attached hydrogens (tertiary/aromatic N) is 1.